The molecule has 0 bridgehead atoms. The molecule has 0 saturated carbocycles. The molecule has 0 N–H and O–H groups in total. The van der Waals surface area contributed by atoms with Crippen LogP contribution in [-0.4, -0.2) is 26.6 Å². The average Bonchev–Trinajstić information content (AvgIpc) is 3.27. The molecule has 160 valence electrons. The number of aryl methyl sites for hydroxylation is 1. The summed E-state index contributed by atoms with van der Waals surface area (Å²) in [6.45, 7) is 1.70. The topological polar surface area (TPSA) is 68.1 Å². The van der Waals surface area contributed by atoms with Crippen molar-refractivity contribution < 1.29 is 14.0 Å². The van der Waals surface area contributed by atoms with Gasteiger partial charge >= 0.3 is 0 Å². The van der Waals surface area contributed by atoms with E-state index in [1.54, 1.807) is 19.1 Å². The van der Waals surface area contributed by atoms with Crippen molar-refractivity contribution in [2.75, 3.05) is 4.90 Å². The van der Waals surface area contributed by atoms with Crippen LogP contribution < -0.4 is 4.90 Å². The van der Waals surface area contributed by atoms with Crippen LogP contribution in [-0.2, 0) is 0 Å². The smallest absolute Gasteiger partial charge is 0.267 e. The van der Waals surface area contributed by atoms with E-state index in [0.717, 1.165) is 10.8 Å². The van der Waals surface area contributed by atoms with Crippen LogP contribution in [0.25, 0.3) is 27.5 Å². The third-order valence-corrected chi connectivity index (χ3v) is 6.10. The van der Waals surface area contributed by atoms with Gasteiger partial charge in [-0.3, -0.25) is 9.59 Å². The van der Waals surface area contributed by atoms with E-state index in [1.807, 2.05) is 36.4 Å². The van der Waals surface area contributed by atoms with Gasteiger partial charge in [-0.05, 0) is 36.6 Å². The fourth-order valence-electron chi connectivity index (χ4n) is 4.40. The van der Waals surface area contributed by atoms with Gasteiger partial charge in [-0.25, -0.2) is 19.0 Å². The number of anilines is 1. The lowest BCUT2D eigenvalue weighted by Gasteiger charge is -2.16. The highest BCUT2D eigenvalue weighted by Gasteiger charge is 2.40. The van der Waals surface area contributed by atoms with E-state index < -0.39 is 17.6 Å². The average molecular weight is 457 g/mol. The van der Waals surface area contributed by atoms with Crippen LogP contribution in [0.4, 0.5) is 10.1 Å². The summed E-state index contributed by atoms with van der Waals surface area (Å²) in [5, 5.41) is 6.80. The number of fused-ring (bicyclic) bond motifs is 4. The number of pyridine rings is 1. The number of carbonyl (C=O) groups excluding carboxylic acids is 2. The Labute approximate surface area is 191 Å². The van der Waals surface area contributed by atoms with Crippen molar-refractivity contribution in [1.82, 2.24) is 14.8 Å². The Morgan fingerprint density at radius 2 is 1.73 bits per heavy atom. The summed E-state index contributed by atoms with van der Waals surface area (Å²) in [4.78, 5) is 32.5. The Morgan fingerprint density at radius 3 is 2.55 bits per heavy atom. The van der Waals surface area contributed by atoms with Crippen molar-refractivity contribution in [2.24, 2.45) is 0 Å². The lowest BCUT2D eigenvalue weighted by atomic mass is 10.1. The van der Waals surface area contributed by atoms with Crippen LogP contribution in [0, 0.1) is 12.7 Å². The number of carbonyl (C=O) groups is 2. The van der Waals surface area contributed by atoms with Crippen LogP contribution in [0.2, 0.25) is 5.02 Å². The molecular formula is C25H14ClFN4O2. The van der Waals surface area contributed by atoms with Gasteiger partial charge in [0.2, 0.25) is 0 Å². The SMILES string of the molecule is Cc1nn(-c2ccc(Cl)cc2F)c2ncc3c(c12)C(=O)N(c1cccc2ccccc12)C3=O. The second kappa shape index (κ2) is 6.95. The number of aromatic nitrogens is 3. The summed E-state index contributed by atoms with van der Waals surface area (Å²) in [6, 6.07) is 17.3. The molecule has 2 amide bonds. The van der Waals surface area contributed by atoms with E-state index in [0.29, 0.717) is 16.8 Å². The van der Waals surface area contributed by atoms with E-state index in [-0.39, 0.29) is 27.5 Å². The number of hydrogen-bond acceptors (Lipinski definition) is 4. The second-order valence-corrected chi connectivity index (χ2v) is 8.22. The number of halogens is 2. The molecule has 33 heavy (non-hydrogen) atoms. The zero-order chi connectivity index (χ0) is 22.9. The van der Waals surface area contributed by atoms with Crippen LogP contribution in [0.1, 0.15) is 26.4 Å². The highest BCUT2D eigenvalue weighted by molar-refractivity contribution is 6.38. The Balaban J connectivity index is 1.57. The predicted molar refractivity (Wildman–Crippen MR) is 124 cm³/mol. The molecule has 6 nitrogen and oxygen atoms in total. The summed E-state index contributed by atoms with van der Waals surface area (Å²) in [5.41, 5.74) is 1.81. The van der Waals surface area contributed by atoms with Gasteiger partial charge < -0.3 is 0 Å². The highest BCUT2D eigenvalue weighted by Crippen LogP contribution is 2.37. The maximum atomic E-state index is 14.6. The molecule has 1 aliphatic heterocycles. The van der Waals surface area contributed by atoms with Crippen LogP contribution in [0.15, 0.2) is 66.9 Å². The fraction of sp³-hybridized carbons (Fsp3) is 0.0400. The molecule has 0 atom stereocenters. The quantitative estimate of drug-likeness (QED) is 0.330. The Kier molecular flexibility index (Phi) is 4.12. The molecule has 3 heterocycles. The minimum absolute atomic E-state index is 0.146. The van der Waals surface area contributed by atoms with Crippen LogP contribution in [0.3, 0.4) is 0 Å². The largest absolute Gasteiger partial charge is 0.268 e. The molecule has 1 aliphatic rings. The Bertz CT molecular complexity index is 1650. The van der Waals surface area contributed by atoms with Gasteiger partial charge in [0, 0.05) is 16.6 Å². The van der Waals surface area contributed by atoms with Gasteiger partial charge in [0.1, 0.15) is 11.5 Å². The maximum absolute atomic E-state index is 14.6. The van der Waals surface area contributed by atoms with Crippen LogP contribution in [0.5, 0.6) is 0 Å². The number of hydrogen-bond donors (Lipinski definition) is 0. The zero-order valence-corrected chi connectivity index (χ0v) is 18.0. The van der Waals surface area contributed by atoms with Crippen molar-refractivity contribution in [3.8, 4) is 5.69 Å². The van der Waals surface area contributed by atoms with E-state index in [4.69, 9.17) is 11.6 Å². The number of amides is 2. The minimum atomic E-state index is -0.575. The molecule has 6 rings (SSSR count). The molecule has 3 aromatic carbocycles. The normalized spacial score (nSPS) is 13.4. The first-order chi connectivity index (χ1) is 16.0. The summed E-state index contributed by atoms with van der Waals surface area (Å²) >= 11 is 5.88. The van der Waals surface area contributed by atoms with Crippen molar-refractivity contribution in [1.29, 1.82) is 0 Å². The molecule has 0 aliphatic carbocycles. The predicted octanol–water partition coefficient (Wildman–Crippen LogP) is 5.48. The first-order valence-electron chi connectivity index (χ1n) is 10.2. The summed E-state index contributed by atoms with van der Waals surface area (Å²) in [5.74, 6) is -1.49. The first kappa shape index (κ1) is 19.6. The van der Waals surface area contributed by atoms with Gasteiger partial charge in [0.15, 0.2) is 5.65 Å². The van der Waals surface area contributed by atoms with E-state index >= 15 is 0 Å². The van der Waals surface area contributed by atoms with Gasteiger partial charge in [-0.1, -0.05) is 48.0 Å². The lowest BCUT2D eigenvalue weighted by molar-refractivity contribution is 0.0927. The standard InChI is InChI=1S/C25H14ClFN4O2/c1-13-21-22-17(12-28-23(21)31(29-13)20-10-9-15(26)11-18(20)27)24(32)30(25(22)33)19-8-4-6-14-5-2-3-7-16(14)19/h2-12H,1H3. The molecule has 5 aromatic rings. The Morgan fingerprint density at radius 1 is 0.939 bits per heavy atom. The molecule has 0 spiro atoms. The first-order valence-corrected chi connectivity index (χ1v) is 10.5. The maximum Gasteiger partial charge on any atom is 0.267 e. The molecule has 0 unspecified atom stereocenters. The molecule has 2 aromatic heterocycles. The lowest BCUT2D eigenvalue weighted by Crippen LogP contribution is -2.29. The summed E-state index contributed by atoms with van der Waals surface area (Å²) < 4.78 is 15.9. The fourth-order valence-corrected chi connectivity index (χ4v) is 4.56. The van der Waals surface area contributed by atoms with Crippen molar-refractivity contribution >= 4 is 50.9 Å². The summed E-state index contributed by atoms with van der Waals surface area (Å²) in [6.07, 6.45) is 1.36. The van der Waals surface area contributed by atoms with Gasteiger partial charge in [0.05, 0.1) is 27.9 Å². The minimum Gasteiger partial charge on any atom is -0.268 e. The third-order valence-electron chi connectivity index (χ3n) is 5.87. The van der Waals surface area contributed by atoms with E-state index in [2.05, 4.69) is 10.1 Å². The Hall–Kier alpha value is -4.10. The van der Waals surface area contributed by atoms with E-state index in [9.17, 15) is 14.0 Å². The van der Waals surface area contributed by atoms with Gasteiger partial charge in [-0.2, -0.15) is 5.10 Å². The van der Waals surface area contributed by atoms with Crippen molar-refractivity contribution in [3.63, 3.8) is 0 Å². The molecule has 0 fully saturated rings. The molecule has 8 heteroatoms. The zero-order valence-electron chi connectivity index (χ0n) is 17.2. The van der Waals surface area contributed by atoms with E-state index in [1.165, 1.54) is 27.9 Å². The molecular weight excluding hydrogens is 443 g/mol. The van der Waals surface area contributed by atoms with Crippen molar-refractivity contribution in [2.45, 2.75) is 6.92 Å². The monoisotopic (exact) mass is 456 g/mol. The molecule has 0 radical (unpaired) electrons. The van der Waals surface area contributed by atoms with Gasteiger partial charge in [0.25, 0.3) is 11.8 Å². The summed E-state index contributed by atoms with van der Waals surface area (Å²) in [7, 11) is 0. The number of benzene rings is 3. The third kappa shape index (κ3) is 2.72. The number of nitrogens with zero attached hydrogens (tertiary/aromatic N) is 4. The number of rotatable bonds is 2. The van der Waals surface area contributed by atoms with Crippen molar-refractivity contribution in [3.05, 3.63) is 94.5 Å². The molecule has 0 saturated heterocycles. The highest BCUT2D eigenvalue weighted by atomic mass is 35.5. The van der Waals surface area contributed by atoms with Crippen LogP contribution >= 0.6 is 11.6 Å². The second-order valence-electron chi connectivity index (χ2n) is 7.78. The van der Waals surface area contributed by atoms with Gasteiger partial charge in [-0.15, -0.1) is 0 Å². The number of imide groups is 1.